The van der Waals surface area contributed by atoms with E-state index < -0.39 is 65.8 Å². The molecule has 0 aromatic heterocycles. The summed E-state index contributed by atoms with van der Waals surface area (Å²) in [5.41, 5.74) is 4.17. The molecule has 0 aromatic rings. The molecule has 2 fully saturated rings. The summed E-state index contributed by atoms with van der Waals surface area (Å²) >= 11 is 0. The molecule has 12 heteroatoms. The number of nitrogens with zero attached hydrogens (tertiary/aromatic N) is 1. The molecule has 2 aliphatic rings. The van der Waals surface area contributed by atoms with Crippen molar-refractivity contribution < 1.29 is 48.6 Å². The van der Waals surface area contributed by atoms with E-state index in [-0.39, 0.29) is 43.7 Å². The van der Waals surface area contributed by atoms with Gasteiger partial charge in [-0.3, -0.25) is 4.79 Å². The molecule has 0 aliphatic carbocycles. The smallest absolute Gasteiger partial charge is 0.311 e. The molecule has 0 aromatic carbocycles. The van der Waals surface area contributed by atoms with E-state index in [2.05, 4.69) is 18.7 Å². The van der Waals surface area contributed by atoms with Gasteiger partial charge in [-0.2, -0.15) is 0 Å². The van der Waals surface area contributed by atoms with Crippen molar-refractivity contribution >= 4 is 11.7 Å². The van der Waals surface area contributed by atoms with Crippen LogP contribution in [0.25, 0.3) is 0 Å². The molecule has 2 saturated heterocycles. The lowest BCUT2D eigenvalue weighted by Gasteiger charge is -2.44. The number of carbonyl (C=O) groups excluding carboxylic acids is 1. The first kappa shape index (κ1) is 40.5. The van der Waals surface area contributed by atoms with Crippen LogP contribution in [0.4, 0.5) is 0 Å². The van der Waals surface area contributed by atoms with E-state index in [1.165, 1.54) is 0 Å². The van der Waals surface area contributed by atoms with E-state index in [0.29, 0.717) is 31.8 Å². The molecule has 0 radical (unpaired) electrons. The number of esters is 1. The van der Waals surface area contributed by atoms with Gasteiger partial charge in [0.2, 0.25) is 0 Å². The van der Waals surface area contributed by atoms with Gasteiger partial charge in [0.05, 0.1) is 42.1 Å². The Kier molecular flexibility index (Phi) is 16.0. The van der Waals surface area contributed by atoms with Gasteiger partial charge < -0.3 is 49.6 Å². The van der Waals surface area contributed by atoms with Crippen molar-refractivity contribution in [3.8, 4) is 0 Å². The molecule has 2 heterocycles. The molecule has 5 unspecified atom stereocenters. The van der Waals surface area contributed by atoms with Gasteiger partial charge in [-0.05, 0) is 52.4 Å². The Labute approximate surface area is 275 Å². The van der Waals surface area contributed by atoms with Gasteiger partial charge in [0, 0.05) is 38.0 Å². The monoisotopic (exact) mass is 658 g/mol. The van der Waals surface area contributed by atoms with Crippen LogP contribution in [-0.4, -0.2) is 108 Å². The van der Waals surface area contributed by atoms with Gasteiger partial charge in [-0.25, -0.2) is 0 Å². The third-order valence-corrected chi connectivity index (χ3v) is 9.90. The van der Waals surface area contributed by atoms with E-state index in [1.54, 1.807) is 40.9 Å². The lowest BCUT2D eigenvalue weighted by Crippen LogP contribution is -2.58. The van der Waals surface area contributed by atoms with Gasteiger partial charge >= 0.3 is 5.97 Å². The lowest BCUT2D eigenvalue weighted by molar-refractivity contribution is -0.262. The number of aliphatic hydroxyl groups is 3. The molecule has 0 saturated carbocycles. The fourth-order valence-electron chi connectivity index (χ4n) is 6.78. The number of aliphatic hydroxyl groups excluding tert-OH is 2. The second-order valence-corrected chi connectivity index (χ2v) is 13.5. The molecule has 0 bridgehead atoms. The Bertz CT molecular complexity index is 984. The van der Waals surface area contributed by atoms with Crippen LogP contribution in [0.3, 0.4) is 0 Å². The normalized spacial score (nSPS) is 42.9. The number of carbonyl (C=O) groups is 1. The highest BCUT2D eigenvalue weighted by atomic mass is 16.7. The zero-order valence-corrected chi connectivity index (χ0v) is 29.5. The topological polar surface area (TPSA) is 172 Å². The molecular weight excluding hydrogens is 596 g/mol. The molecule has 12 nitrogen and oxygen atoms in total. The molecule has 46 heavy (non-hydrogen) atoms. The van der Waals surface area contributed by atoms with Crippen molar-refractivity contribution in [2.75, 3.05) is 26.9 Å². The first-order chi connectivity index (χ1) is 21.6. The number of cyclic esters (lactones) is 1. The summed E-state index contributed by atoms with van der Waals surface area (Å²) in [7, 11) is 1.56. The average Bonchev–Trinajstić information content (AvgIpc) is 3.16. The summed E-state index contributed by atoms with van der Waals surface area (Å²) < 4.78 is 31.0. The van der Waals surface area contributed by atoms with Gasteiger partial charge in [0.15, 0.2) is 6.29 Å². The van der Waals surface area contributed by atoms with Crippen LogP contribution in [0, 0.1) is 23.7 Å². The summed E-state index contributed by atoms with van der Waals surface area (Å²) in [6.45, 7) is 19.2. The van der Waals surface area contributed by atoms with Crippen molar-refractivity contribution in [2.45, 2.75) is 142 Å². The Hall–Kier alpha value is -1.64. The molecular formula is C34H62N2O10. The number of hydrogen-bond acceptors (Lipinski definition) is 12. The van der Waals surface area contributed by atoms with E-state index >= 15 is 0 Å². The van der Waals surface area contributed by atoms with Crippen molar-refractivity contribution in [1.29, 1.82) is 0 Å². The minimum Gasteiger partial charge on any atom is -0.459 e. The average molecular weight is 659 g/mol. The van der Waals surface area contributed by atoms with Crippen molar-refractivity contribution in [1.82, 2.24) is 0 Å². The fraction of sp³-hybridized carbons (Fsp3) is 0.882. The molecule has 2 aliphatic heterocycles. The number of oxime groups is 1. The Morgan fingerprint density at radius 2 is 1.80 bits per heavy atom. The molecule has 13 atom stereocenters. The maximum atomic E-state index is 13.5. The summed E-state index contributed by atoms with van der Waals surface area (Å²) in [6, 6.07) is -0.348. The molecule has 0 spiro atoms. The zero-order chi connectivity index (χ0) is 34.8. The van der Waals surface area contributed by atoms with Gasteiger partial charge in [0.1, 0.15) is 24.4 Å². The minimum atomic E-state index is -1.80. The number of hydrogen-bond donors (Lipinski definition) is 4. The van der Waals surface area contributed by atoms with E-state index in [0.717, 1.165) is 0 Å². The van der Waals surface area contributed by atoms with Crippen molar-refractivity contribution in [2.24, 2.45) is 34.6 Å². The summed E-state index contributed by atoms with van der Waals surface area (Å²) in [5, 5.41) is 39.5. The maximum absolute atomic E-state index is 13.5. The van der Waals surface area contributed by atoms with Crippen LogP contribution in [0.5, 0.6) is 0 Å². The van der Waals surface area contributed by atoms with Gasteiger partial charge in [-0.15, -0.1) is 0 Å². The maximum Gasteiger partial charge on any atom is 0.311 e. The largest absolute Gasteiger partial charge is 0.459 e. The highest BCUT2D eigenvalue weighted by Gasteiger charge is 2.50. The predicted molar refractivity (Wildman–Crippen MR) is 175 cm³/mol. The third-order valence-electron chi connectivity index (χ3n) is 9.90. The predicted octanol–water partition coefficient (Wildman–Crippen LogP) is 3.34. The number of rotatable bonds is 10. The van der Waals surface area contributed by atoms with Crippen LogP contribution in [0.15, 0.2) is 17.8 Å². The Morgan fingerprint density at radius 1 is 1.13 bits per heavy atom. The Morgan fingerprint density at radius 3 is 2.37 bits per heavy atom. The molecule has 268 valence electrons. The van der Waals surface area contributed by atoms with Gasteiger partial charge in [-0.1, -0.05) is 52.4 Å². The van der Waals surface area contributed by atoms with Crippen molar-refractivity contribution in [3.63, 3.8) is 0 Å². The highest BCUT2D eigenvalue weighted by molar-refractivity contribution is 5.88. The fourth-order valence-corrected chi connectivity index (χ4v) is 6.78. The first-order valence-electron chi connectivity index (χ1n) is 16.9. The zero-order valence-electron chi connectivity index (χ0n) is 29.5. The first-order valence-corrected chi connectivity index (χ1v) is 16.9. The summed E-state index contributed by atoms with van der Waals surface area (Å²) in [4.78, 5) is 19.0. The van der Waals surface area contributed by atoms with Crippen LogP contribution in [0.2, 0.25) is 0 Å². The van der Waals surface area contributed by atoms with Crippen LogP contribution in [0.1, 0.15) is 87.5 Å². The quantitative estimate of drug-likeness (QED) is 0.117. The second-order valence-electron chi connectivity index (χ2n) is 13.5. The lowest BCUT2D eigenvalue weighted by atomic mass is 9.74. The molecule has 2 rings (SSSR count). The SMILES string of the molecule is C=CCO/N=C1\[C@H](C)C[C@@](C)(OC)[C@H](OC2OCC(C)CC(N)C2OCC)CC(O)[C@@H](C)C(=O)O[C@H](CC)[C@](O)(CC)[C@H](O)[C@H]1C. The highest BCUT2D eigenvalue weighted by Crippen LogP contribution is 2.38. The summed E-state index contributed by atoms with van der Waals surface area (Å²) in [5.74, 6) is -2.59. The number of nitrogens with two attached hydrogens (primary N) is 1. The van der Waals surface area contributed by atoms with Crippen LogP contribution < -0.4 is 5.73 Å². The Balaban J connectivity index is 2.69. The summed E-state index contributed by atoms with van der Waals surface area (Å²) in [6.07, 6.45) is -2.99. The van der Waals surface area contributed by atoms with E-state index in [1.807, 2.05) is 20.8 Å². The molecule has 5 N–H and O–H groups in total. The van der Waals surface area contributed by atoms with E-state index in [4.69, 9.17) is 34.3 Å². The van der Waals surface area contributed by atoms with Gasteiger partial charge in [0.25, 0.3) is 0 Å². The van der Waals surface area contributed by atoms with Crippen LogP contribution in [-0.2, 0) is 33.3 Å². The number of ether oxygens (including phenoxy) is 5. The standard InChI is InChI=1S/C34H62N2O10/c1-11-15-44-36-28-21(6)18-33(9,41-10)27(46-32-29(42-14-4)24(35)16-20(5)19-43-32)17-25(37)22(7)31(39)45-26(12-2)34(40,13-3)30(38)23(28)8/h11,20-27,29-30,32,37-38,40H,1,12-19,35H2,2-10H3/b36-28+/t20?,21-,22-,23+,24?,25?,26-,27-,29?,30-,32?,33-,34-/m1/s1. The second kappa shape index (κ2) is 18.2. The number of methoxy groups -OCH3 is 1. The van der Waals surface area contributed by atoms with E-state index in [9.17, 15) is 20.1 Å². The third kappa shape index (κ3) is 9.72. The molecule has 0 amide bonds. The van der Waals surface area contributed by atoms with Crippen LogP contribution >= 0.6 is 0 Å². The van der Waals surface area contributed by atoms with Crippen molar-refractivity contribution in [3.05, 3.63) is 12.7 Å². The minimum absolute atomic E-state index is 0.0106.